The lowest BCUT2D eigenvalue weighted by atomic mass is 10.2. The van der Waals surface area contributed by atoms with Gasteiger partial charge in [0.25, 0.3) is 0 Å². The van der Waals surface area contributed by atoms with Crippen LogP contribution in [0.15, 0.2) is 47.5 Å². The van der Waals surface area contributed by atoms with Gasteiger partial charge in [0, 0.05) is 38.9 Å². The molecule has 0 saturated heterocycles. The molecule has 0 aromatic heterocycles. The molecule has 0 spiro atoms. The molecule has 0 bridgehead atoms. The lowest BCUT2D eigenvalue weighted by Crippen LogP contribution is -2.30. The first-order valence-electron chi connectivity index (χ1n) is 9.36. The quantitative estimate of drug-likeness (QED) is 0.255. The molecule has 29 heavy (non-hydrogen) atoms. The van der Waals surface area contributed by atoms with Gasteiger partial charge in [0.1, 0.15) is 12.4 Å². The number of benzene rings is 2. The number of nitrogens with zero attached hydrogens (tertiary/aromatic N) is 1. The number of ether oxygens (including phenoxy) is 4. The van der Waals surface area contributed by atoms with E-state index in [2.05, 4.69) is 15.6 Å². The number of rotatable bonds is 7. The molecule has 1 aliphatic rings. The van der Waals surface area contributed by atoms with Gasteiger partial charge in [-0.2, -0.15) is 0 Å². The van der Waals surface area contributed by atoms with Crippen LogP contribution in [0.25, 0.3) is 0 Å². The smallest absolute Gasteiger partial charge is 0.195 e. The van der Waals surface area contributed by atoms with Crippen LogP contribution in [0.1, 0.15) is 12.0 Å². The Balaban J connectivity index is 0.00000300. The number of guanidine groups is 1. The van der Waals surface area contributed by atoms with Crippen molar-refractivity contribution in [1.82, 2.24) is 5.32 Å². The maximum Gasteiger partial charge on any atom is 0.195 e. The fourth-order valence-corrected chi connectivity index (χ4v) is 2.69. The van der Waals surface area contributed by atoms with Crippen LogP contribution in [-0.2, 0) is 11.3 Å². The number of fused-ring (bicyclic) bond motifs is 1. The number of aliphatic imine (C=N–C) groups is 1. The highest BCUT2D eigenvalue weighted by Crippen LogP contribution is 2.32. The normalized spacial score (nSPS) is 13.1. The Labute approximate surface area is 188 Å². The molecule has 0 amide bonds. The van der Waals surface area contributed by atoms with Gasteiger partial charge < -0.3 is 29.6 Å². The van der Waals surface area contributed by atoms with Crippen LogP contribution in [-0.4, -0.2) is 46.5 Å². The maximum absolute atomic E-state index is 5.73. The molecule has 0 unspecified atom stereocenters. The van der Waals surface area contributed by atoms with Crippen molar-refractivity contribution >= 4 is 35.6 Å². The second kappa shape index (κ2) is 12.4. The molecule has 0 saturated carbocycles. The monoisotopic (exact) mass is 513 g/mol. The summed E-state index contributed by atoms with van der Waals surface area (Å²) in [7, 11) is 3.40. The standard InChI is InChI=1S/C21H27N3O4.HI/c1-22-21(23-15-16-4-7-18(8-5-16)26-13-12-25-2)24-17-6-9-19-20(14-17)28-11-3-10-27-19;/h4-9,14H,3,10-13,15H2,1-2H3,(H2,22,23,24);1H. The summed E-state index contributed by atoms with van der Waals surface area (Å²) in [5.41, 5.74) is 2.01. The molecule has 2 aromatic rings. The molecule has 3 rings (SSSR count). The molecule has 7 nitrogen and oxygen atoms in total. The van der Waals surface area contributed by atoms with Gasteiger partial charge in [0.05, 0.1) is 19.8 Å². The van der Waals surface area contributed by atoms with Crippen LogP contribution in [0.3, 0.4) is 0 Å². The zero-order valence-corrected chi connectivity index (χ0v) is 19.1. The van der Waals surface area contributed by atoms with Crippen molar-refractivity contribution in [3.05, 3.63) is 48.0 Å². The molecular formula is C21H28IN3O4. The topological polar surface area (TPSA) is 73.3 Å². The third kappa shape index (κ3) is 7.28. The Morgan fingerprint density at radius 1 is 1.03 bits per heavy atom. The summed E-state index contributed by atoms with van der Waals surface area (Å²) < 4.78 is 22.0. The number of hydrogen-bond donors (Lipinski definition) is 2. The number of halogens is 1. The molecule has 0 aliphatic carbocycles. The molecular weight excluding hydrogens is 485 g/mol. The number of methoxy groups -OCH3 is 1. The van der Waals surface area contributed by atoms with Gasteiger partial charge in [0.15, 0.2) is 17.5 Å². The summed E-state index contributed by atoms with van der Waals surface area (Å²) in [6, 6.07) is 13.7. The highest BCUT2D eigenvalue weighted by molar-refractivity contribution is 14.0. The summed E-state index contributed by atoms with van der Waals surface area (Å²) in [5.74, 6) is 3.03. The van der Waals surface area contributed by atoms with Crippen molar-refractivity contribution < 1.29 is 18.9 Å². The summed E-state index contributed by atoms with van der Waals surface area (Å²) in [5, 5.41) is 6.58. The van der Waals surface area contributed by atoms with Crippen molar-refractivity contribution in [3.63, 3.8) is 0 Å². The van der Waals surface area contributed by atoms with Gasteiger partial charge in [0.2, 0.25) is 0 Å². The van der Waals surface area contributed by atoms with E-state index < -0.39 is 0 Å². The van der Waals surface area contributed by atoms with Crippen LogP contribution in [0.4, 0.5) is 5.69 Å². The summed E-state index contributed by atoms with van der Waals surface area (Å²) in [4.78, 5) is 4.28. The molecule has 158 valence electrons. The van der Waals surface area contributed by atoms with Gasteiger partial charge in [-0.25, -0.2) is 0 Å². The summed E-state index contributed by atoms with van der Waals surface area (Å²) >= 11 is 0. The highest BCUT2D eigenvalue weighted by Gasteiger charge is 2.11. The molecule has 1 aliphatic heterocycles. The molecule has 1 heterocycles. The summed E-state index contributed by atoms with van der Waals surface area (Å²) in [6.45, 7) is 3.10. The molecule has 8 heteroatoms. The number of hydrogen-bond acceptors (Lipinski definition) is 5. The second-order valence-corrected chi connectivity index (χ2v) is 6.25. The van der Waals surface area contributed by atoms with E-state index in [1.807, 2.05) is 42.5 Å². The molecule has 2 aromatic carbocycles. The van der Waals surface area contributed by atoms with E-state index in [0.717, 1.165) is 34.9 Å². The van der Waals surface area contributed by atoms with E-state index in [-0.39, 0.29) is 24.0 Å². The first-order chi connectivity index (χ1) is 13.8. The van der Waals surface area contributed by atoms with E-state index in [9.17, 15) is 0 Å². The summed E-state index contributed by atoms with van der Waals surface area (Å²) in [6.07, 6.45) is 0.886. The predicted molar refractivity (Wildman–Crippen MR) is 125 cm³/mol. The third-order valence-electron chi connectivity index (χ3n) is 4.17. The minimum absolute atomic E-state index is 0. The Hall–Kier alpha value is -2.20. The third-order valence-corrected chi connectivity index (χ3v) is 4.17. The average Bonchev–Trinajstić information content (AvgIpc) is 2.97. The zero-order chi connectivity index (χ0) is 19.6. The second-order valence-electron chi connectivity index (χ2n) is 6.25. The first kappa shape index (κ1) is 23.1. The minimum Gasteiger partial charge on any atom is -0.491 e. The Morgan fingerprint density at radius 2 is 1.79 bits per heavy atom. The van der Waals surface area contributed by atoms with Crippen LogP contribution in [0.2, 0.25) is 0 Å². The van der Waals surface area contributed by atoms with Gasteiger partial charge in [-0.05, 0) is 29.8 Å². The van der Waals surface area contributed by atoms with Crippen molar-refractivity contribution in [2.75, 3.05) is 45.9 Å². The minimum atomic E-state index is 0. The van der Waals surface area contributed by atoms with E-state index in [1.54, 1.807) is 14.2 Å². The fraction of sp³-hybridized carbons (Fsp3) is 0.381. The number of nitrogens with one attached hydrogen (secondary N) is 2. The van der Waals surface area contributed by atoms with Crippen molar-refractivity contribution in [2.45, 2.75) is 13.0 Å². The van der Waals surface area contributed by atoms with Crippen molar-refractivity contribution in [1.29, 1.82) is 0 Å². The first-order valence-corrected chi connectivity index (χ1v) is 9.36. The SMILES string of the molecule is CN=C(NCc1ccc(OCCOC)cc1)Nc1ccc2c(c1)OCCCO2.I. The molecule has 0 fully saturated rings. The zero-order valence-electron chi connectivity index (χ0n) is 16.8. The molecule has 0 radical (unpaired) electrons. The average molecular weight is 513 g/mol. The van der Waals surface area contributed by atoms with Crippen molar-refractivity contribution in [3.8, 4) is 17.2 Å². The lowest BCUT2D eigenvalue weighted by Gasteiger charge is -2.14. The van der Waals surface area contributed by atoms with E-state index >= 15 is 0 Å². The fourth-order valence-electron chi connectivity index (χ4n) is 2.69. The largest absolute Gasteiger partial charge is 0.491 e. The maximum atomic E-state index is 5.73. The Bertz CT molecular complexity index is 784. The van der Waals surface area contributed by atoms with Crippen molar-refractivity contribution in [2.24, 2.45) is 4.99 Å². The Morgan fingerprint density at radius 3 is 2.52 bits per heavy atom. The van der Waals surface area contributed by atoms with Gasteiger partial charge in [-0.1, -0.05) is 12.1 Å². The molecule has 0 atom stereocenters. The Kier molecular flexibility index (Phi) is 9.85. The van der Waals surface area contributed by atoms with Gasteiger partial charge in [-0.3, -0.25) is 4.99 Å². The number of anilines is 1. The van der Waals surface area contributed by atoms with E-state index in [0.29, 0.717) is 38.9 Å². The van der Waals surface area contributed by atoms with Crippen LogP contribution in [0.5, 0.6) is 17.2 Å². The van der Waals surface area contributed by atoms with Crippen LogP contribution < -0.4 is 24.8 Å². The van der Waals surface area contributed by atoms with Crippen LogP contribution in [0, 0.1) is 0 Å². The van der Waals surface area contributed by atoms with E-state index in [4.69, 9.17) is 18.9 Å². The predicted octanol–water partition coefficient (Wildman–Crippen LogP) is 3.68. The van der Waals surface area contributed by atoms with Crippen LogP contribution >= 0.6 is 24.0 Å². The van der Waals surface area contributed by atoms with Gasteiger partial charge >= 0.3 is 0 Å². The lowest BCUT2D eigenvalue weighted by molar-refractivity contribution is 0.146. The van der Waals surface area contributed by atoms with Gasteiger partial charge in [-0.15, -0.1) is 24.0 Å². The molecule has 2 N–H and O–H groups in total. The highest BCUT2D eigenvalue weighted by atomic mass is 127. The van der Waals surface area contributed by atoms with E-state index in [1.165, 1.54) is 0 Å².